The molecule has 0 fully saturated rings. The Morgan fingerprint density at radius 3 is 2.26 bits per heavy atom. The molecule has 0 N–H and O–H groups in total. The zero-order valence-corrected chi connectivity index (χ0v) is 15.8. The van der Waals surface area contributed by atoms with Crippen molar-refractivity contribution in [3.63, 3.8) is 0 Å². The van der Waals surface area contributed by atoms with Crippen molar-refractivity contribution in [2.75, 3.05) is 0 Å². The average Bonchev–Trinajstić information content (AvgIpc) is 2.71. The summed E-state index contributed by atoms with van der Waals surface area (Å²) >= 11 is 0. The Morgan fingerprint density at radius 2 is 1.56 bits per heavy atom. The van der Waals surface area contributed by atoms with Gasteiger partial charge < -0.3 is 4.74 Å². The van der Waals surface area contributed by atoms with Crippen LogP contribution in [0.25, 0.3) is 6.08 Å². The lowest BCUT2D eigenvalue weighted by Gasteiger charge is -2.09. The minimum absolute atomic E-state index is 0.0633. The van der Waals surface area contributed by atoms with E-state index in [1.165, 1.54) is 5.56 Å². The van der Waals surface area contributed by atoms with Gasteiger partial charge in [0.2, 0.25) is 0 Å². The second-order valence-electron chi connectivity index (χ2n) is 6.79. The number of allylic oxidation sites excluding steroid dienone is 1. The fraction of sp³-hybridized carbons (Fsp3) is 0.160. The van der Waals surface area contributed by atoms with Crippen molar-refractivity contribution in [1.29, 1.82) is 0 Å². The first-order chi connectivity index (χ1) is 13.1. The molecule has 0 bridgehead atoms. The van der Waals surface area contributed by atoms with Crippen molar-refractivity contribution in [3.8, 4) is 5.75 Å². The lowest BCUT2D eigenvalue weighted by atomic mass is 10.0. The molecule has 0 amide bonds. The molecule has 0 unspecified atom stereocenters. The summed E-state index contributed by atoms with van der Waals surface area (Å²) in [5, 5.41) is 0. The highest BCUT2D eigenvalue weighted by molar-refractivity contribution is 6.08. The Morgan fingerprint density at radius 1 is 0.889 bits per heavy atom. The van der Waals surface area contributed by atoms with E-state index in [4.69, 9.17) is 4.74 Å². The molecule has 27 heavy (non-hydrogen) atoms. The number of hydrogen-bond donors (Lipinski definition) is 0. The van der Waals surface area contributed by atoms with Gasteiger partial charge in [0.25, 0.3) is 0 Å². The van der Waals surface area contributed by atoms with Gasteiger partial charge in [-0.05, 0) is 40.8 Å². The molecule has 0 aromatic heterocycles. The summed E-state index contributed by atoms with van der Waals surface area (Å²) in [5.41, 5.74) is 3.94. The van der Waals surface area contributed by atoms with E-state index in [-0.39, 0.29) is 5.78 Å². The van der Waals surface area contributed by atoms with Gasteiger partial charge in [-0.25, -0.2) is 0 Å². The summed E-state index contributed by atoms with van der Waals surface area (Å²) in [6.45, 7) is 4.77. The summed E-state index contributed by atoms with van der Waals surface area (Å²) in [6, 6.07) is 25.6. The van der Waals surface area contributed by atoms with Gasteiger partial charge in [-0.3, -0.25) is 4.79 Å². The standard InChI is InChI=1S/C25H24O2/c1-19(2)22-15-12-20(13-16-22)14-17-24(26)23-10-6-7-11-25(23)27-18-21-8-4-3-5-9-21/h3-17,19H,18H2,1-2H3/b17-14-. The van der Waals surface area contributed by atoms with Gasteiger partial charge in [0.1, 0.15) is 12.4 Å². The van der Waals surface area contributed by atoms with Crippen molar-refractivity contribution in [3.05, 3.63) is 107 Å². The molecule has 0 saturated carbocycles. The highest BCUT2D eigenvalue weighted by Crippen LogP contribution is 2.21. The van der Waals surface area contributed by atoms with Crippen molar-refractivity contribution >= 4 is 11.9 Å². The average molecular weight is 356 g/mol. The maximum absolute atomic E-state index is 12.7. The van der Waals surface area contributed by atoms with Gasteiger partial charge in [0.15, 0.2) is 5.78 Å². The van der Waals surface area contributed by atoms with Crippen LogP contribution in [0.2, 0.25) is 0 Å². The first-order valence-corrected chi connectivity index (χ1v) is 9.21. The van der Waals surface area contributed by atoms with Crippen LogP contribution in [0.15, 0.2) is 84.9 Å². The van der Waals surface area contributed by atoms with Crippen LogP contribution in [0.5, 0.6) is 5.75 Å². The molecule has 136 valence electrons. The van der Waals surface area contributed by atoms with E-state index < -0.39 is 0 Å². The molecular weight excluding hydrogens is 332 g/mol. The van der Waals surface area contributed by atoms with E-state index in [1.54, 1.807) is 12.1 Å². The highest BCUT2D eigenvalue weighted by atomic mass is 16.5. The molecule has 3 aromatic rings. The second kappa shape index (κ2) is 9.00. The topological polar surface area (TPSA) is 26.3 Å². The molecule has 0 atom stereocenters. The first-order valence-electron chi connectivity index (χ1n) is 9.21. The Bertz CT molecular complexity index is 907. The second-order valence-corrected chi connectivity index (χ2v) is 6.79. The van der Waals surface area contributed by atoms with Crippen molar-refractivity contribution in [2.45, 2.75) is 26.4 Å². The normalized spacial score (nSPS) is 11.1. The summed E-state index contributed by atoms with van der Waals surface area (Å²) in [4.78, 5) is 12.7. The van der Waals surface area contributed by atoms with Crippen molar-refractivity contribution < 1.29 is 9.53 Å². The fourth-order valence-electron chi connectivity index (χ4n) is 2.79. The van der Waals surface area contributed by atoms with Crippen LogP contribution in [-0.4, -0.2) is 5.78 Å². The molecule has 0 radical (unpaired) electrons. The number of ketones is 1. The molecule has 0 aliphatic heterocycles. The maximum atomic E-state index is 12.7. The SMILES string of the molecule is CC(C)c1ccc(/C=C\C(=O)c2ccccc2OCc2ccccc2)cc1. The summed E-state index contributed by atoms with van der Waals surface area (Å²) in [5.74, 6) is 1.04. The van der Waals surface area contributed by atoms with E-state index in [0.717, 1.165) is 11.1 Å². The minimum atomic E-state index is -0.0633. The molecule has 2 heteroatoms. The van der Waals surface area contributed by atoms with Gasteiger partial charge >= 0.3 is 0 Å². The van der Waals surface area contributed by atoms with Gasteiger partial charge in [-0.1, -0.05) is 86.7 Å². The lowest BCUT2D eigenvalue weighted by molar-refractivity contribution is 0.104. The number of rotatable bonds is 7. The Labute approximate surface area is 161 Å². The predicted octanol–water partition coefficient (Wildman–Crippen LogP) is 6.29. The molecule has 0 aliphatic carbocycles. The van der Waals surface area contributed by atoms with E-state index >= 15 is 0 Å². The van der Waals surface area contributed by atoms with Crippen LogP contribution in [-0.2, 0) is 6.61 Å². The monoisotopic (exact) mass is 356 g/mol. The fourth-order valence-corrected chi connectivity index (χ4v) is 2.79. The summed E-state index contributed by atoms with van der Waals surface area (Å²) < 4.78 is 5.88. The van der Waals surface area contributed by atoms with E-state index in [9.17, 15) is 4.79 Å². The largest absolute Gasteiger partial charge is 0.488 e. The van der Waals surface area contributed by atoms with E-state index in [0.29, 0.717) is 23.8 Å². The van der Waals surface area contributed by atoms with E-state index in [1.807, 2.05) is 66.7 Å². The molecule has 2 nitrogen and oxygen atoms in total. The zero-order valence-electron chi connectivity index (χ0n) is 15.8. The predicted molar refractivity (Wildman–Crippen MR) is 111 cm³/mol. The zero-order chi connectivity index (χ0) is 19.1. The molecule has 3 rings (SSSR count). The Kier molecular flexibility index (Phi) is 6.22. The van der Waals surface area contributed by atoms with Crippen LogP contribution >= 0.6 is 0 Å². The third kappa shape index (κ3) is 5.18. The third-order valence-electron chi connectivity index (χ3n) is 4.42. The van der Waals surface area contributed by atoms with Gasteiger partial charge in [-0.2, -0.15) is 0 Å². The number of carbonyl (C=O) groups excluding carboxylic acids is 1. The Balaban J connectivity index is 1.71. The summed E-state index contributed by atoms with van der Waals surface area (Å²) in [7, 11) is 0. The van der Waals surface area contributed by atoms with Crippen LogP contribution in [0.1, 0.15) is 46.8 Å². The number of carbonyl (C=O) groups is 1. The van der Waals surface area contributed by atoms with Gasteiger partial charge in [0, 0.05) is 0 Å². The van der Waals surface area contributed by atoms with Crippen LogP contribution in [0, 0.1) is 0 Å². The number of hydrogen-bond acceptors (Lipinski definition) is 2. The molecule has 0 spiro atoms. The van der Waals surface area contributed by atoms with Crippen LogP contribution in [0.4, 0.5) is 0 Å². The maximum Gasteiger partial charge on any atom is 0.189 e. The van der Waals surface area contributed by atoms with Crippen LogP contribution < -0.4 is 4.74 Å². The highest BCUT2D eigenvalue weighted by Gasteiger charge is 2.09. The van der Waals surface area contributed by atoms with Gasteiger partial charge in [-0.15, -0.1) is 0 Å². The van der Waals surface area contributed by atoms with Crippen molar-refractivity contribution in [1.82, 2.24) is 0 Å². The molecule has 3 aromatic carbocycles. The molecular formula is C25H24O2. The quantitative estimate of drug-likeness (QED) is 0.367. The molecule has 0 saturated heterocycles. The van der Waals surface area contributed by atoms with E-state index in [2.05, 4.69) is 26.0 Å². The minimum Gasteiger partial charge on any atom is -0.488 e. The first kappa shape index (κ1) is 18.7. The molecule has 0 aliphatic rings. The lowest BCUT2D eigenvalue weighted by Crippen LogP contribution is -2.02. The van der Waals surface area contributed by atoms with Crippen molar-refractivity contribution in [2.24, 2.45) is 0 Å². The number of ether oxygens (including phenoxy) is 1. The summed E-state index contributed by atoms with van der Waals surface area (Å²) in [6.07, 6.45) is 3.45. The smallest absolute Gasteiger partial charge is 0.189 e. The Hall–Kier alpha value is -3.13. The number of para-hydroxylation sites is 1. The number of benzene rings is 3. The van der Waals surface area contributed by atoms with Gasteiger partial charge in [0.05, 0.1) is 5.56 Å². The van der Waals surface area contributed by atoms with Crippen LogP contribution in [0.3, 0.4) is 0 Å². The molecule has 0 heterocycles. The third-order valence-corrected chi connectivity index (χ3v) is 4.42.